The number of nitrogens with zero attached hydrogens (tertiary/aromatic N) is 3. The summed E-state index contributed by atoms with van der Waals surface area (Å²) in [5.41, 5.74) is 1.42. The van der Waals surface area contributed by atoms with Gasteiger partial charge in [0.05, 0.1) is 12.2 Å². The highest BCUT2D eigenvalue weighted by atomic mass is 19.1. The van der Waals surface area contributed by atoms with E-state index in [0.29, 0.717) is 12.2 Å². The Morgan fingerprint density at radius 3 is 2.94 bits per heavy atom. The van der Waals surface area contributed by atoms with E-state index in [0.717, 1.165) is 24.4 Å². The zero-order valence-electron chi connectivity index (χ0n) is 10.7. The molecule has 0 saturated carbocycles. The Bertz CT molecular complexity index is 501. The molecule has 0 unspecified atom stereocenters. The van der Waals surface area contributed by atoms with Gasteiger partial charge in [-0.2, -0.15) is 5.10 Å². The number of anilines is 1. The third-order valence-corrected chi connectivity index (χ3v) is 2.78. The standard InChI is InChI=1S/C13H17FN4/c1-3-7-18-12(16-9-17-18)8-15-13-10(2)5-4-6-11(13)14/h4-6,9,15H,3,7-8H2,1-2H3. The first-order chi connectivity index (χ1) is 8.72. The lowest BCUT2D eigenvalue weighted by Gasteiger charge is -2.10. The van der Waals surface area contributed by atoms with Crippen LogP contribution in [0.1, 0.15) is 24.7 Å². The van der Waals surface area contributed by atoms with E-state index in [4.69, 9.17) is 0 Å². The summed E-state index contributed by atoms with van der Waals surface area (Å²) in [5.74, 6) is 0.580. The number of halogens is 1. The van der Waals surface area contributed by atoms with Crippen LogP contribution < -0.4 is 5.32 Å². The molecule has 0 atom stereocenters. The van der Waals surface area contributed by atoms with Gasteiger partial charge in [0.1, 0.15) is 18.0 Å². The summed E-state index contributed by atoms with van der Waals surface area (Å²) < 4.78 is 15.5. The topological polar surface area (TPSA) is 42.7 Å². The van der Waals surface area contributed by atoms with E-state index in [9.17, 15) is 4.39 Å². The third-order valence-electron chi connectivity index (χ3n) is 2.78. The Hall–Kier alpha value is -1.91. The normalized spacial score (nSPS) is 10.6. The molecule has 18 heavy (non-hydrogen) atoms. The second-order valence-electron chi connectivity index (χ2n) is 4.18. The predicted octanol–water partition coefficient (Wildman–Crippen LogP) is 2.75. The van der Waals surface area contributed by atoms with Crippen LogP contribution in [-0.4, -0.2) is 14.8 Å². The summed E-state index contributed by atoms with van der Waals surface area (Å²) >= 11 is 0. The van der Waals surface area contributed by atoms with Crippen molar-refractivity contribution in [3.63, 3.8) is 0 Å². The quantitative estimate of drug-likeness (QED) is 0.884. The second-order valence-corrected chi connectivity index (χ2v) is 4.18. The van der Waals surface area contributed by atoms with Crippen molar-refractivity contribution >= 4 is 5.69 Å². The van der Waals surface area contributed by atoms with Crippen molar-refractivity contribution in [2.24, 2.45) is 0 Å². The zero-order chi connectivity index (χ0) is 13.0. The lowest BCUT2D eigenvalue weighted by molar-refractivity contribution is 0.572. The largest absolute Gasteiger partial charge is 0.375 e. The third kappa shape index (κ3) is 2.67. The van der Waals surface area contributed by atoms with E-state index in [1.54, 1.807) is 6.07 Å². The van der Waals surface area contributed by atoms with E-state index >= 15 is 0 Å². The van der Waals surface area contributed by atoms with Crippen LogP contribution in [0.3, 0.4) is 0 Å². The first-order valence-corrected chi connectivity index (χ1v) is 6.08. The van der Waals surface area contributed by atoms with E-state index in [2.05, 4.69) is 22.3 Å². The van der Waals surface area contributed by atoms with Gasteiger partial charge in [-0.15, -0.1) is 0 Å². The van der Waals surface area contributed by atoms with Gasteiger partial charge in [0.15, 0.2) is 0 Å². The van der Waals surface area contributed by atoms with Gasteiger partial charge in [-0.25, -0.2) is 14.1 Å². The van der Waals surface area contributed by atoms with Gasteiger partial charge in [-0.3, -0.25) is 0 Å². The van der Waals surface area contributed by atoms with Crippen LogP contribution in [0.25, 0.3) is 0 Å². The molecule has 0 radical (unpaired) electrons. The molecule has 0 bridgehead atoms. The Labute approximate surface area is 106 Å². The Balaban J connectivity index is 2.09. The molecule has 0 aliphatic heterocycles. The number of aromatic nitrogens is 3. The van der Waals surface area contributed by atoms with Gasteiger partial charge in [0.2, 0.25) is 0 Å². The fourth-order valence-corrected chi connectivity index (χ4v) is 1.85. The van der Waals surface area contributed by atoms with Gasteiger partial charge in [0.25, 0.3) is 0 Å². The molecular weight excluding hydrogens is 231 g/mol. The summed E-state index contributed by atoms with van der Waals surface area (Å²) in [6, 6.07) is 5.03. The van der Waals surface area contributed by atoms with Gasteiger partial charge in [-0.1, -0.05) is 19.1 Å². The minimum atomic E-state index is -0.239. The molecule has 0 aliphatic carbocycles. The van der Waals surface area contributed by atoms with Crippen molar-refractivity contribution in [3.05, 3.63) is 41.7 Å². The molecule has 1 aromatic carbocycles. The molecule has 1 heterocycles. The van der Waals surface area contributed by atoms with E-state index in [-0.39, 0.29) is 5.82 Å². The first-order valence-electron chi connectivity index (χ1n) is 6.08. The van der Waals surface area contributed by atoms with Gasteiger partial charge in [-0.05, 0) is 25.0 Å². The van der Waals surface area contributed by atoms with Crippen LogP contribution in [0, 0.1) is 12.7 Å². The Morgan fingerprint density at radius 1 is 1.39 bits per heavy atom. The Morgan fingerprint density at radius 2 is 2.22 bits per heavy atom. The van der Waals surface area contributed by atoms with Crippen molar-refractivity contribution in [1.82, 2.24) is 14.8 Å². The predicted molar refractivity (Wildman–Crippen MR) is 68.8 cm³/mol. The molecule has 0 amide bonds. The molecule has 1 aromatic heterocycles. The van der Waals surface area contributed by atoms with Crippen LogP contribution >= 0.6 is 0 Å². The molecule has 5 heteroatoms. The maximum absolute atomic E-state index is 13.6. The summed E-state index contributed by atoms with van der Waals surface area (Å²) in [6.07, 6.45) is 2.52. The monoisotopic (exact) mass is 248 g/mol. The minimum absolute atomic E-state index is 0.239. The van der Waals surface area contributed by atoms with Crippen LogP contribution in [0.2, 0.25) is 0 Å². The van der Waals surface area contributed by atoms with Crippen molar-refractivity contribution in [2.75, 3.05) is 5.32 Å². The molecule has 1 N–H and O–H groups in total. The molecule has 4 nitrogen and oxygen atoms in total. The molecule has 0 fully saturated rings. The summed E-state index contributed by atoms with van der Waals surface area (Å²) in [7, 11) is 0. The highest BCUT2D eigenvalue weighted by molar-refractivity contribution is 5.51. The van der Waals surface area contributed by atoms with Crippen LogP contribution in [0.4, 0.5) is 10.1 Å². The SMILES string of the molecule is CCCn1ncnc1CNc1c(C)cccc1F. The second kappa shape index (κ2) is 5.62. The number of aryl methyl sites for hydroxylation is 2. The van der Waals surface area contributed by atoms with Crippen LogP contribution in [0.15, 0.2) is 24.5 Å². The van der Waals surface area contributed by atoms with E-state index in [1.165, 1.54) is 12.4 Å². The van der Waals surface area contributed by atoms with Crippen molar-refractivity contribution in [2.45, 2.75) is 33.4 Å². The molecule has 0 aliphatic rings. The molecule has 96 valence electrons. The molecule has 0 saturated heterocycles. The maximum Gasteiger partial charge on any atom is 0.146 e. The van der Waals surface area contributed by atoms with Crippen LogP contribution in [-0.2, 0) is 13.1 Å². The van der Waals surface area contributed by atoms with Gasteiger partial charge < -0.3 is 5.32 Å². The molecule has 0 spiro atoms. The molecule has 2 aromatic rings. The number of hydrogen-bond donors (Lipinski definition) is 1. The smallest absolute Gasteiger partial charge is 0.146 e. The van der Waals surface area contributed by atoms with Gasteiger partial charge >= 0.3 is 0 Å². The highest BCUT2D eigenvalue weighted by Gasteiger charge is 2.07. The van der Waals surface area contributed by atoms with Crippen molar-refractivity contribution < 1.29 is 4.39 Å². The van der Waals surface area contributed by atoms with Crippen molar-refractivity contribution in [1.29, 1.82) is 0 Å². The average Bonchev–Trinajstić information content (AvgIpc) is 2.77. The first kappa shape index (κ1) is 12.5. The summed E-state index contributed by atoms with van der Waals surface area (Å²) in [4.78, 5) is 4.18. The summed E-state index contributed by atoms with van der Waals surface area (Å²) in [5, 5.41) is 7.22. The summed E-state index contributed by atoms with van der Waals surface area (Å²) in [6.45, 7) is 5.26. The average molecular weight is 248 g/mol. The highest BCUT2D eigenvalue weighted by Crippen LogP contribution is 2.19. The lowest BCUT2D eigenvalue weighted by atomic mass is 10.2. The number of benzene rings is 1. The van der Waals surface area contributed by atoms with E-state index < -0.39 is 0 Å². The number of hydrogen-bond acceptors (Lipinski definition) is 3. The maximum atomic E-state index is 13.6. The number of para-hydroxylation sites is 1. The fraction of sp³-hybridized carbons (Fsp3) is 0.385. The number of nitrogens with one attached hydrogen (secondary N) is 1. The Kier molecular flexibility index (Phi) is 3.92. The zero-order valence-corrected chi connectivity index (χ0v) is 10.7. The van der Waals surface area contributed by atoms with Crippen LogP contribution in [0.5, 0.6) is 0 Å². The fourth-order valence-electron chi connectivity index (χ4n) is 1.85. The van der Waals surface area contributed by atoms with Crippen molar-refractivity contribution in [3.8, 4) is 0 Å². The van der Waals surface area contributed by atoms with Gasteiger partial charge in [0, 0.05) is 6.54 Å². The molecular formula is C13H17FN4. The lowest BCUT2D eigenvalue weighted by Crippen LogP contribution is -2.11. The minimum Gasteiger partial charge on any atom is -0.375 e. The van der Waals surface area contributed by atoms with E-state index in [1.807, 2.05) is 17.7 Å². The number of rotatable bonds is 5. The molecule has 2 rings (SSSR count).